The Hall–Kier alpha value is -3.49. The summed E-state index contributed by atoms with van der Waals surface area (Å²) in [4.78, 5) is 24.6. The van der Waals surface area contributed by atoms with Gasteiger partial charge in [-0.25, -0.2) is 4.98 Å². The maximum absolute atomic E-state index is 13.7. The summed E-state index contributed by atoms with van der Waals surface area (Å²) in [6, 6.07) is 12.8. The quantitative estimate of drug-likeness (QED) is 0.231. The van der Waals surface area contributed by atoms with Crippen molar-refractivity contribution in [3.8, 4) is 17.0 Å². The topological polar surface area (TPSA) is 89.7 Å². The predicted molar refractivity (Wildman–Crippen MR) is 167 cm³/mol. The van der Waals surface area contributed by atoms with Crippen molar-refractivity contribution in [3.05, 3.63) is 55.0 Å². The minimum Gasteiger partial charge on any atom is -0.474 e. The Bertz CT molecular complexity index is 1650. The van der Waals surface area contributed by atoms with E-state index in [2.05, 4.69) is 59.7 Å². The molecule has 8 rings (SSSR count). The lowest BCUT2D eigenvalue weighted by atomic mass is 9.24. The van der Waals surface area contributed by atoms with E-state index in [-0.39, 0.29) is 29.6 Å². The highest BCUT2D eigenvalue weighted by Gasteiger charge is 2.82. The van der Waals surface area contributed by atoms with Crippen LogP contribution in [-0.4, -0.2) is 69.5 Å². The van der Waals surface area contributed by atoms with Gasteiger partial charge in [-0.1, -0.05) is 26.0 Å². The van der Waals surface area contributed by atoms with E-state index in [0.717, 1.165) is 55.2 Å². The Kier molecular flexibility index (Phi) is 6.97. The molecule has 2 bridgehead atoms. The fourth-order valence-corrected chi connectivity index (χ4v) is 8.37. The van der Waals surface area contributed by atoms with Crippen molar-refractivity contribution in [2.24, 2.45) is 29.7 Å². The molecule has 226 valence electrons. The van der Waals surface area contributed by atoms with Crippen LogP contribution in [0.15, 0.2) is 55.0 Å². The number of carbonyl (C=O) groups excluding carboxylic acids is 1. The maximum atomic E-state index is 13.7. The molecule has 4 fully saturated rings. The van der Waals surface area contributed by atoms with Crippen LogP contribution >= 0.6 is 0 Å². The van der Waals surface area contributed by atoms with E-state index < -0.39 is 0 Å². The lowest BCUT2D eigenvalue weighted by molar-refractivity contribution is -0.329. The zero-order valence-corrected chi connectivity index (χ0v) is 25.6. The van der Waals surface area contributed by atoms with Gasteiger partial charge < -0.3 is 24.0 Å². The summed E-state index contributed by atoms with van der Waals surface area (Å²) >= 11 is 0. The van der Waals surface area contributed by atoms with Gasteiger partial charge in [0.1, 0.15) is 6.10 Å². The van der Waals surface area contributed by atoms with Crippen molar-refractivity contribution in [3.63, 3.8) is 0 Å². The molecule has 3 aromatic heterocycles. The number of hydrogen-bond acceptors (Lipinski definition) is 6. The first-order valence-electron chi connectivity index (χ1n) is 15.7. The highest BCUT2D eigenvalue weighted by atomic mass is 16.5. The lowest BCUT2D eigenvalue weighted by Gasteiger charge is -2.79. The van der Waals surface area contributed by atoms with Crippen molar-refractivity contribution >= 4 is 27.7 Å². The molecule has 0 saturated heterocycles. The summed E-state index contributed by atoms with van der Waals surface area (Å²) in [7, 11) is 4.06. The Morgan fingerprint density at radius 2 is 1.84 bits per heavy atom. The van der Waals surface area contributed by atoms with E-state index in [9.17, 15) is 4.79 Å². The number of benzene rings is 1. The zero-order valence-electron chi connectivity index (χ0n) is 25.6. The first-order chi connectivity index (χ1) is 20.8. The molecule has 0 spiro atoms. The molecule has 2 atom stereocenters. The molecule has 0 radical (unpaired) electrons. The Morgan fingerprint density at radius 3 is 2.56 bits per heavy atom. The second-order valence-corrected chi connectivity index (χ2v) is 13.2. The van der Waals surface area contributed by atoms with E-state index in [4.69, 9.17) is 14.6 Å². The van der Waals surface area contributed by atoms with Crippen LogP contribution in [0.5, 0.6) is 5.88 Å². The number of carbonyl (C=O) groups is 1. The molecule has 4 saturated carbocycles. The van der Waals surface area contributed by atoms with Crippen molar-refractivity contribution in [1.82, 2.24) is 19.4 Å². The van der Waals surface area contributed by atoms with Crippen LogP contribution in [0.3, 0.4) is 0 Å². The molecule has 1 amide bonds. The number of ether oxygens (including phenoxy) is 2. The Labute approximate surface area is 253 Å². The number of aliphatic hydroxyl groups excluding tert-OH is 1. The van der Waals surface area contributed by atoms with Crippen molar-refractivity contribution in [2.45, 2.75) is 58.1 Å². The molecule has 1 aromatic carbocycles. The summed E-state index contributed by atoms with van der Waals surface area (Å²) in [6.07, 6.45) is 9.96. The van der Waals surface area contributed by atoms with E-state index in [1.165, 1.54) is 16.4 Å². The lowest BCUT2D eigenvalue weighted by Crippen LogP contribution is -2.82. The van der Waals surface area contributed by atoms with Crippen LogP contribution < -0.4 is 4.74 Å². The number of pyridine rings is 2. The second-order valence-electron chi connectivity index (χ2n) is 13.2. The van der Waals surface area contributed by atoms with Gasteiger partial charge in [0.2, 0.25) is 11.8 Å². The minimum absolute atomic E-state index is 0.0703. The van der Waals surface area contributed by atoms with Crippen LogP contribution in [0.25, 0.3) is 32.9 Å². The highest BCUT2D eigenvalue weighted by molar-refractivity contribution is 6.08. The molecular weight excluding hydrogens is 540 g/mol. The van der Waals surface area contributed by atoms with Gasteiger partial charge in [-0.3, -0.25) is 9.78 Å². The molecular formula is C35H42N4O4. The average molecular weight is 583 g/mol. The molecule has 8 heteroatoms. The van der Waals surface area contributed by atoms with Crippen molar-refractivity contribution in [2.75, 3.05) is 26.9 Å². The molecule has 1 N–H and O–H groups in total. The molecule has 4 aliphatic carbocycles. The van der Waals surface area contributed by atoms with E-state index in [0.29, 0.717) is 30.2 Å². The van der Waals surface area contributed by atoms with Gasteiger partial charge >= 0.3 is 0 Å². The van der Waals surface area contributed by atoms with Gasteiger partial charge in [-0.05, 0) is 54.9 Å². The third kappa shape index (κ3) is 4.20. The number of amides is 1. The number of aromatic nitrogens is 3. The van der Waals surface area contributed by atoms with Crippen LogP contribution in [-0.2, 0) is 16.6 Å². The SMILES string of the molecule is C[C@@H]1C2(COCCCCO)CC1(C(=O)N(C)[C@H]1C[C@H](Oc3ccc(-c4ccc5c6cnccc6n(C)c5c4)cn3)C1)[C@@H]2C. The van der Waals surface area contributed by atoms with E-state index in [1.807, 2.05) is 42.7 Å². The number of unbranched alkanes of at least 4 members (excludes halogenated alkanes) is 1. The van der Waals surface area contributed by atoms with Crippen molar-refractivity contribution in [1.29, 1.82) is 0 Å². The minimum atomic E-state index is -0.238. The second kappa shape index (κ2) is 10.6. The smallest absolute Gasteiger partial charge is 0.229 e. The number of aliphatic hydroxyl groups is 1. The number of nitrogens with zero attached hydrogens (tertiary/aromatic N) is 4. The van der Waals surface area contributed by atoms with Crippen molar-refractivity contribution < 1.29 is 19.4 Å². The van der Waals surface area contributed by atoms with Gasteiger partial charge in [0.15, 0.2) is 0 Å². The largest absolute Gasteiger partial charge is 0.474 e. The summed E-state index contributed by atoms with van der Waals surface area (Å²) in [5.74, 6) is 1.60. The summed E-state index contributed by atoms with van der Waals surface area (Å²) < 4.78 is 14.4. The molecule has 0 unspecified atom stereocenters. The molecule has 4 aliphatic rings. The van der Waals surface area contributed by atoms with Crippen LogP contribution in [0.2, 0.25) is 0 Å². The first kappa shape index (κ1) is 28.3. The van der Waals surface area contributed by atoms with E-state index in [1.54, 1.807) is 0 Å². The molecule has 3 heterocycles. The van der Waals surface area contributed by atoms with Crippen LogP contribution in [0.4, 0.5) is 0 Å². The number of aryl methyl sites for hydroxylation is 1. The van der Waals surface area contributed by atoms with E-state index >= 15 is 0 Å². The highest BCUT2D eigenvalue weighted by Crippen LogP contribution is 2.81. The predicted octanol–water partition coefficient (Wildman–Crippen LogP) is 5.61. The number of rotatable bonds is 11. The molecule has 8 nitrogen and oxygen atoms in total. The summed E-state index contributed by atoms with van der Waals surface area (Å²) in [6.45, 7) is 6.07. The van der Waals surface area contributed by atoms with Gasteiger partial charge in [0.05, 0.1) is 17.5 Å². The number of hydrogen-bond donors (Lipinski definition) is 1. The fraction of sp³-hybridized carbons (Fsp3) is 0.514. The number of fused-ring (bicyclic) bond motifs is 3. The fourth-order valence-electron chi connectivity index (χ4n) is 8.37. The standard InChI is InChI=1S/C35H42N4O4/c1-22-34(21-42-14-6-5-13-40)20-35(22,23(34)2)33(41)38(3)26-16-27(17-26)43-32-10-8-25(18-37-32)24-7-9-28-29-19-36-12-11-30(29)39(4)31(28)15-24/h7-12,15,18-19,22-23,26-27,40H,5-6,13-14,16-17,20-21H2,1-4H3/t22-,23-,26-,27-,34?,35?/m1/s1. The van der Waals surface area contributed by atoms with Gasteiger partial charge in [0, 0.05) is 98.1 Å². The normalized spacial score (nSPS) is 29.1. The van der Waals surface area contributed by atoms with Crippen LogP contribution in [0.1, 0.15) is 46.0 Å². The summed E-state index contributed by atoms with van der Waals surface area (Å²) in [5, 5.41) is 11.3. The average Bonchev–Trinajstić information content (AvgIpc) is 3.30. The third-order valence-corrected chi connectivity index (χ3v) is 11.5. The summed E-state index contributed by atoms with van der Waals surface area (Å²) in [5.41, 5.74) is 4.39. The monoisotopic (exact) mass is 582 g/mol. The Balaban J connectivity index is 0.928. The Morgan fingerprint density at radius 1 is 1.05 bits per heavy atom. The van der Waals surface area contributed by atoms with Crippen LogP contribution in [0, 0.1) is 22.7 Å². The molecule has 4 aromatic rings. The van der Waals surface area contributed by atoms with Gasteiger partial charge in [-0.2, -0.15) is 0 Å². The maximum Gasteiger partial charge on any atom is 0.229 e. The molecule has 0 aliphatic heterocycles. The van der Waals surface area contributed by atoms with Gasteiger partial charge in [0.25, 0.3) is 0 Å². The zero-order chi connectivity index (χ0) is 29.9. The first-order valence-corrected chi connectivity index (χ1v) is 15.7. The third-order valence-electron chi connectivity index (χ3n) is 11.5. The molecule has 43 heavy (non-hydrogen) atoms. The van der Waals surface area contributed by atoms with Gasteiger partial charge in [-0.15, -0.1) is 0 Å².